The number of rotatable bonds is 7. The number of carbonyl (C=O) groups excluding carboxylic acids is 1. The summed E-state index contributed by atoms with van der Waals surface area (Å²) in [6.45, 7) is 4.66. The van der Waals surface area contributed by atoms with Crippen molar-refractivity contribution in [2.75, 3.05) is 5.32 Å². The van der Waals surface area contributed by atoms with Crippen molar-refractivity contribution in [3.8, 4) is 11.4 Å². The van der Waals surface area contributed by atoms with Gasteiger partial charge in [0.25, 0.3) is 0 Å². The molecule has 0 aliphatic heterocycles. The second-order valence-electron chi connectivity index (χ2n) is 6.07. The first kappa shape index (κ1) is 20.6. The maximum atomic E-state index is 12.6. The number of anilines is 1. The van der Waals surface area contributed by atoms with Crippen molar-refractivity contribution in [2.45, 2.75) is 37.2 Å². The smallest absolute Gasteiger partial charge is 0.237 e. The van der Waals surface area contributed by atoms with Crippen molar-refractivity contribution in [2.24, 2.45) is 0 Å². The average molecular weight is 436 g/mol. The summed E-state index contributed by atoms with van der Waals surface area (Å²) in [6, 6.07) is 8.74. The van der Waals surface area contributed by atoms with Crippen LogP contribution in [-0.2, 0) is 11.3 Å². The van der Waals surface area contributed by atoms with Crippen LogP contribution in [0.1, 0.15) is 20.3 Å². The third-order valence-electron chi connectivity index (χ3n) is 3.94. The molecule has 2 aromatic heterocycles. The van der Waals surface area contributed by atoms with Gasteiger partial charge in [-0.25, -0.2) is 0 Å². The summed E-state index contributed by atoms with van der Waals surface area (Å²) in [4.78, 5) is 16.7. The number of thioether (sulfide) groups is 1. The summed E-state index contributed by atoms with van der Waals surface area (Å²) >= 11 is 13.4. The molecular weight excluding hydrogens is 417 g/mol. The number of halogens is 2. The Bertz CT molecular complexity index is 964. The van der Waals surface area contributed by atoms with Gasteiger partial charge in [0.2, 0.25) is 5.91 Å². The fourth-order valence-electron chi connectivity index (χ4n) is 2.55. The highest BCUT2D eigenvalue weighted by molar-refractivity contribution is 8.00. The highest BCUT2D eigenvalue weighted by Crippen LogP contribution is 2.29. The number of hydrogen-bond donors (Lipinski definition) is 1. The van der Waals surface area contributed by atoms with E-state index < -0.39 is 5.25 Å². The zero-order valence-corrected chi connectivity index (χ0v) is 17.7. The third-order valence-corrected chi connectivity index (χ3v) is 5.57. The Balaban J connectivity index is 1.77. The van der Waals surface area contributed by atoms with E-state index >= 15 is 0 Å². The molecule has 0 bridgehead atoms. The van der Waals surface area contributed by atoms with Gasteiger partial charge in [-0.1, -0.05) is 41.9 Å². The van der Waals surface area contributed by atoms with Gasteiger partial charge in [0.05, 0.1) is 16.0 Å². The van der Waals surface area contributed by atoms with E-state index in [2.05, 4.69) is 27.4 Å². The van der Waals surface area contributed by atoms with E-state index in [1.165, 1.54) is 11.8 Å². The lowest BCUT2D eigenvalue weighted by atomic mass is 10.2. The van der Waals surface area contributed by atoms with Gasteiger partial charge in [0.15, 0.2) is 11.0 Å². The summed E-state index contributed by atoms with van der Waals surface area (Å²) in [5, 5.41) is 12.7. The van der Waals surface area contributed by atoms with Crippen LogP contribution in [0.2, 0.25) is 10.0 Å². The van der Waals surface area contributed by atoms with Crippen LogP contribution in [0.15, 0.2) is 47.9 Å². The monoisotopic (exact) mass is 435 g/mol. The molecule has 3 rings (SSSR count). The summed E-state index contributed by atoms with van der Waals surface area (Å²) in [7, 11) is 0. The normalized spacial score (nSPS) is 12.0. The van der Waals surface area contributed by atoms with Crippen LogP contribution in [-0.4, -0.2) is 30.9 Å². The minimum absolute atomic E-state index is 0.175. The van der Waals surface area contributed by atoms with Crippen LogP contribution in [0.5, 0.6) is 0 Å². The molecule has 0 saturated carbocycles. The Morgan fingerprint density at radius 2 is 1.96 bits per heavy atom. The van der Waals surface area contributed by atoms with Crippen LogP contribution < -0.4 is 5.32 Å². The van der Waals surface area contributed by atoms with Crippen molar-refractivity contribution >= 4 is 46.6 Å². The molecule has 1 aromatic carbocycles. The Morgan fingerprint density at radius 1 is 1.21 bits per heavy atom. The Labute approximate surface area is 177 Å². The van der Waals surface area contributed by atoms with Crippen LogP contribution in [0.4, 0.5) is 5.69 Å². The minimum Gasteiger partial charge on any atom is -0.324 e. The van der Waals surface area contributed by atoms with Crippen molar-refractivity contribution in [3.05, 3.63) is 52.8 Å². The lowest BCUT2D eigenvalue weighted by Crippen LogP contribution is -2.23. The van der Waals surface area contributed by atoms with Gasteiger partial charge < -0.3 is 9.88 Å². The summed E-state index contributed by atoms with van der Waals surface area (Å²) in [5.74, 6) is 0.589. The molecule has 146 valence electrons. The van der Waals surface area contributed by atoms with Crippen LogP contribution in [0.25, 0.3) is 11.4 Å². The Kier molecular flexibility index (Phi) is 6.93. The number of pyridine rings is 1. The van der Waals surface area contributed by atoms with Crippen LogP contribution in [0, 0.1) is 0 Å². The van der Waals surface area contributed by atoms with Crippen molar-refractivity contribution in [3.63, 3.8) is 0 Å². The minimum atomic E-state index is -0.392. The second-order valence-corrected chi connectivity index (χ2v) is 8.22. The van der Waals surface area contributed by atoms with E-state index in [0.717, 1.165) is 24.4 Å². The second kappa shape index (κ2) is 9.41. The largest absolute Gasteiger partial charge is 0.324 e. The molecule has 3 aromatic rings. The van der Waals surface area contributed by atoms with Gasteiger partial charge in [-0.2, -0.15) is 0 Å². The van der Waals surface area contributed by atoms with Crippen LogP contribution >= 0.6 is 35.0 Å². The molecule has 0 aliphatic rings. The Morgan fingerprint density at radius 3 is 2.64 bits per heavy atom. The van der Waals surface area contributed by atoms with Gasteiger partial charge >= 0.3 is 0 Å². The summed E-state index contributed by atoms with van der Waals surface area (Å²) in [6.07, 6.45) is 4.36. The van der Waals surface area contributed by atoms with Gasteiger partial charge in [-0.3, -0.25) is 9.78 Å². The van der Waals surface area contributed by atoms with Gasteiger partial charge in [-0.05, 0) is 43.7 Å². The van der Waals surface area contributed by atoms with E-state index in [1.807, 2.05) is 23.6 Å². The molecule has 1 N–H and O–H groups in total. The number of amides is 1. The molecule has 2 heterocycles. The number of aromatic nitrogens is 4. The summed E-state index contributed by atoms with van der Waals surface area (Å²) in [5.41, 5.74) is 1.46. The molecule has 0 saturated heterocycles. The fraction of sp³-hybridized carbons (Fsp3) is 0.263. The lowest BCUT2D eigenvalue weighted by Gasteiger charge is -2.14. The van der Waals surface area contributed by atoms with E-state index in [0.29, 0.717) is 20.9 Å². The zero-order chi connectivity index (χ0) is 20.1. The van der Waals surface area contributed by atoms with E-state index in [4.69, 9.17) is 23.2 Å². The topological polar surface area (TPSA) is 72.7 Å². The molecule has 6 nitrogen and oxygen atoms in total. The van der Waals surface area contributed by atoms with Crippen LogP contribution in [0.3, 0.4) is 0 Å². The standard InChI is InChI=1S/C19H19Cl2N5OS/c1-3-10-26-17(13-6-8-22-9-7-13)24-25-19(26)28-12(2)18(27)23-16-5-4-14(20)11-15(16)21/h4-9,11-12H,3,10H2,1-2H3,(H,23,27). The number of nitrogens with zero attached hydrogens (tertiary/aromatic N) is 4. The highest BCUT2D eigenvalue weighted by atomic mass is 35.5. The van der Waals surface area contributed by atoms with Gasteiger partial charge in [0, 0.05) is 29.5 Å². The maximum absolute atomic E-state index is 12.6. The highest BCUT2D eigenvalue weighted by Gasteiger charge is 2.21. The fourth-order valence-corrected chi connectivity index (χ4v) is 3.88. The molecule has 1 atom stereocenters. The first-order valence-electron chi connectivity index (χ1n) is 8.75. The van der Waals surface area contributed by atoms with Crippen molar-refractivity contribution in [1.29, 1.82) is 0 Å². The maximum Gasteiger partial charge on any atom is 0.237 e. The van der Waals surface area contributed by atoms with Gasteiger partial charge in [0.1, 0.15) is 0 Å². The predicted octanol–water partition coefficient (Wildman–Crippen LogP) is 5.18. The van der Waals surface area contributed by atoms with Gasteiger partial charge in [-0.15, -0.1) is 10.2 Å². The molecule has 0 spiro atoms. The molecule has 1 unspecified atom stereocenters. The molecule has 0 radical (unpaired) electrons. The molecule has 0 aliphatic carbocycles. The number of carbonyl (C=O) groups is 1. The number of benzene rings is 1. The molecule has 28 heavy (non-hydrogen) atoms. The van der Waals surface area contributed by atoms with Crippen molar-refractivity contribution < 1.29 is 4.79 Å². The number of nitrogens with one attached hydrogen (secondary N) is 1. The molecular formula is C19H19Cl2N5OS. The predicted molar refractivity (Wildman–Crippen MR) is 114 cm³/mol. The Hall–Kier alpha value is -2.09. The zero-order valence-electron chi connectivity index (χ0n) is 15.4. The average Bonchev–Trinajstić information content (AvgIpc) is 3.07. The third kappa shape index (κ3) is 4.84. The lowest BCUT2D eigenvalue weighted by molar-refractivity contribution is -0.115. The first-order valence-corrected chi connectivity index (χ1v) is 10.4. The molecule has 9 heteroatoms. The molecule has 1 amide bonds. The van der Waals surface area contributed by atoms with E-state index in [1.54, 1.807) is 30.6 Å². The quantitative estimate of drug-likeness (QED) is 0.517. The van der Waals surface area contributed by atoms with E-state index in [9.17, 15) is 4.79 Å². The SMILES string of the molecule is CCCn1c(SC(C)C(=O)Nc2ccc(Cl)cc2Cl)nnc1-c1ccncc1. The number of hydrogen-bond acceptors (Lipinski definition) is 5. The van der Waals surface area contributed by atoms with E-state index in [-0.39, 0.29) is 5.91 Å². The van der Waals surface area contributed by atoms with Crippen molar-refractivity contribution in [1.82, 2.24) is 19.7 Å². The summed E-state index contributed by atoms with van der Waals surface area (Å²) < 4.78 is 2.03. The first-order chi connectivity index (χ1) is 13.5. The molecule has 0 fully saturated rings.